The fourth-order valence-corrected chi connectivity index (χ4v) is 1.98. The van der Waals surface area contributed by atoms with Crippen LogP contribution >= 0.6 is 0 Å². The van der Waals surface area contributed by atoms with Gasteiger partial charge in [-0.1, -0.05) is 39.5 Å². The third kappa shape index (κ3) is 9.46. The number of carbonyl (C=O) groups is 1. The zero-order valence-electron chi connectivity index (χ0n) is 12.6. The van der Waals surface area contributed by atoms with Crippen LogP contribution in [0, 0.1) is 0 Å². The summed E-state index contributed by atoms with van der Waals surface area (Å²) in [5.74, 6) is 0.291. The fraction of sp³-hybridized carbons (Fsp3) is 0.933. The zero-order valence-corrected chi connectivity index (χ0v) is 12.6. The molecule has 0 saturated carbocycles. The Bertz CT molecular complexity index is 195. The van der Waals surface area contributed by atoms with E-state index >= 15 is 0 Å². The van der Waals surface area contributed by atoms with Gasteiger partial charge in [0.05, 0.1) is 0 Å². The van der Waals surface area contributed by atoms with Crippen LogP contribution in [-0.2, 0) is 4.79 Å². The van der Waals surface area contributed by atoms with Crippen molar-refractivity contribution in [2.45, 2.75) is 78.2 Å². The topological polar surface area (TPSA) is 46.3 Å². The molecule has 0 aliphatic rings. The normalized spacial score (nSPS) is 12.4. The molecule has 0 radical (unpaired) electrons. The molecule has 3 heteroatoms. The van der Waals surface area contributed by atoms with Crippen LogP contribution in [0.4, 0.5) is 0 Å². The molecule has 1 amide bonds. The minimum Gasteiger partial charge on any atom is -0.343 e. The predicted molar refractivity (Wildman–Crippen MR) is 78.5 cm³/mol. The number of unbranched alkanes of at least 4 members (excludes halogenated alkanes) is 4. The van der Waals surface area contributed by atoms with Crippen LogP contribution in [0.25, 0.3) is 0 Å². The Labute approximate surface area is 113 Å². The molecule has 0 aliphatic carbocycles. The number of hydrogen-bond acceptors (Lipinski definition) is 2. The van der Waals surface area contributed by atoms with E-state index in [9.17, 15) is 4.79 Å². The average Bonchev–Trinajstić information content (AvgIpc) is 2.34. The highest BCUT2D eigenvalue weighted by molar-refractivity contribution is 5.76. The Kier molecular flexibility index (Phi) is 11.2. The lowest BCUT2D eigenvalue weighted by molar-refractivity contribution is -0.131. The molecule has 0 fully saturated rings. The molecule has 18 heavy (non-hydrogen) atoms. The lowest BCUT2D eigenvalue weighted by Crippen LogP contribution is -2.33. The first kappa shape index (κ1) is 17.4. The average molecular weight is 256 g/mol. The SMILES string of the molecule is CCCCCN(CCCCC)C(=O)CCC(C)N. The number of amides is 1. The second-order valence-electron chi connectivity index (χ2n) is 5.31. The number of nitrogens with zero attached hydrogens (tertiary/aromatic N) is 1. The van der Waals surface area contributed by atoms with Crippen molar-refractivity contribution in [2.75, 3.05) is 13.1 Å². The molecule has 0 aromatic heterocycles. The highest BCUT2D eigenvalue weighted by Crippen LogP contribution is 2.06. The van der Waals surface area contributed by atoms with Crippen molar-refractivity contribution >= 4 is 5.91 Å². The lowest BCUT2D eigenvalue weighted by atomic mass is 10.1. The van der Waals surface area contributed by atoms with E-state index in [0.29, 0.717) is 12.3 Å². The lowest BCUT2D eigenvalue weighted by Gasteiger charge is -2.23. The summed E-state index contributed by atoms with van der Waals surface area (Å²) in [6.45, 7) is 8.20. The van der Waals surface area contributed by atoms with E-state index in [1.54, 1.807) is 0 Å². The number of nitrogens with two attached hydrogens (primary N) is 1. The van der Waals surface area contributed by atoms with Crippen LogP contribution in [0.1, 0.15) is 72.1 Å². The Morgan fingerprint density at radius 3 is 1.94 bits per heavy atom. The number of carbonyl (C=O) groups excluding carboxylic acids is 1. The van der Waals surface area contributed by atoms with Crippen molar-refractivity contribution in [1.82, 2.24) is 4.90 Å². The molecule has 3 nitrogen and oxygen atoms in total. The Morgan fingerprint density at radius 1 is 1.06 bits per heavy atom. The third-order valence-corrected chi connectivity index (χ3v) is 3.23. The number of hydrogen-bond donors (Lipinski definition) is 1. The molecule has 0 spiro atoms. The van der Waals surface area contributed by atoms with Gasteiger partial charge in [-0.3, -0.25) is 4.79 Å². The van der Waals surface area contributed by atoms with E-state index in [-0.39, 0.29) is 6.04 Å². The number of rotatable bonds is 11. The summed E-state index contributed by atoms with van der Waals surface area (Å²) in [5, 5.41) is 0. The predicted octanol–water partition coefficient (Wildman–Crippen LogP) is 3.32. The van der Waals surface area contributed by atoms with Gasteiger partial charge in [0, 0.05) is 25.6 Å². The molecule has 0 aliphatic heterocycles. The van der Waals surface area contributed by atoms with Crippen molar-refractivity contribution < 1.29 is 4.79 Å². The van der Waals surface area contributed by atoms with Crippen LogP contribution in [0.15, 0.2) is 0 Å². The first-order valence-corrected chi connectivity index (χ1v) is 7.65. The molecular weight excluding hydrogens is 224 g/mol. The van der Waals surface area contributed by atoms with Crippen LogP contribution in [-0.4, -0.2) is 29.9 Å². The van der Waals surface area contributed by atoms with E-state index in [1.807, 2.05) is 11.8 Å². The molecule has 0 rings (SSSR count). The second-order valence-corrected chi connectivity index (χ2v) is 5.31. The van der Waals surface area contributed by atoms with Crippen molar-refractivity contribution in [2.24, 2.45) is 5.73 Å². The fourth-order valence-electron chi connectivity index (χ4n) is 1.98. The van der Waals surface area contributed by atoms with E-state index in [1.165, 1.54) is 25.7 Å². The largest absolute Gasteiger partial charge is 0.343 e. The Hall–Kier alpha value is -0.570. The van der Waals surface area contributed by atoms with Gasteiger partial charge in [0.15, 0.2) is 0 Å². The van der Waals surface area contributed by atoms with Gasteiger partial charge in [-0.25, -0.2) is 0 Å². The van der Waals surface area contributed by atoms with Gasteiger partial charge < -0.3 is 10.6 Å². The first-order chi connectivity index (χ1) is 8.61. The van der Waals surface area contributed by atoms with E-state index in [0.717, 1.165) is 32.4 Å². The van der Waals surface area contributed by atoms with Crippen molar-refractivity contribution in [3.8, 4) is 0 Å². The van der Waals surface area contributed by atoms with E-state index < -0.39 is 0 Å². The van der Waals surface area contributed by atoms with E-state index in [2.05, 4.69) is 13.8 Å². The molecule has 0 saturated heterocycles. The maximum absolute atomic E-state index is 12.1. The minimum absolute atomic E-state index is 0.127. The molecular formula is C15H32N2O. The minimum atomic E-state index is 0.127. The van der Waals surface area contributed by atoms with Crippen LogP contribution in [0.2, 0.25) is 0 Å². The second kappa shape index (κ2) is 11.5. The molecule has 1 atom stereocenters. The van der Waals surface area contributed by atoms with Gasteiger partial charge in [-0.05, 0) is 26.2 Å². The molecule has 108 valence electrons. The quantitative estimate of drug-likeness (QED) is 0.576. The maximum Gasteiger partial charge on any atom is 0.222 e. The van der Waals surface area contributed by atoms with Gasteiger partial charge in [0.2, 0.25) is 5.91 Å². The molecule has 0 heterocycles. The molecule has 1 unspecified atom stereocenters. The summed E-state index contributed by atoms with van der Waals surface area (Å²) in [5.41, 5.74) is 5.71. The monoisotopic (exact) mass is 256 g/mol. The summed E-state index contributed by atoms with van der Waals surface area (Å²) < 4.78 is 0. The highest BCUT2D eigenvalue weighted by Gasteiger charge is 2.12. The Balaban J connectivity index is 4.03. The van der Waals surface area contributed by atoms with Gasteiger partial charge in [0.1, 0.15) is 0 Å². The third-order valence-electron chi connectivity index (χ3n) is 3.23. The summed E-state index contributed by atoms with van der Waals surface area (Å²) in [6, 6.07) is 0.127. The van der Waals surface area contributed by atoms with Gasteiger partial charge in [-0.15, -0.1) is 0 Å². The smallest absolute Gasteiger partial charge is 0.222 e. The summed E-state index contributed by atoms with van der Waals surface area (Å²) in [4.78, 5) is 14.2. The van der Waals surface area contributed by atoms with Crippen LogP contribution in [0.5, 0.6) is 0 Å². The molecule has 0 aromatic rings. The van der Waals surface area contributed by atoms with Crippen molar-refractivity contribution in [3.63, 3.8) is 0 Å². The first-order valence-electron chi connectivity index (χ1n) is 7.65. The summed E-state index contributed by atoms with van der Waals surface area (Å²) in [6.07, 6.45) is 8.51. The molecule has 2 N–H and O–H groups in total. The standard InChI is InChI=1S/C15H32N2O/c1-4-6-8-12-17(13-9-7-5-2)15(18)11-10-14(3)16/h14H,4-13,16H2,1-3H3. The van der Waals surface area contributed by atoms with Crippen molar-refractivity contribution in [1.29, 1.82) is 0 Å². The van der Waals surface area contributed by atoms with Crippen LogP contribution < -0.4 is 5.73 Å². The molecule has 0 aromatic carbocycles. The van der Waals surface area contributed by atoms with E-state index in [4.69, 9.17) is 5.73 Å². The molecule has 0 bridgehead atoms. The zero-order chi connectivity index (χ0) is 13.8. The van der Waals surface area contributed by atoms with Crippen LogP contribution in [0.3, 0.4) is 0 Å². The Morgan fingerprint density at radius 2 is 1.56 bits per heavy atom. The highest BCUT2D eigenvalue weighted by atomic mass is 16.2. The van der Waals surface area contributed by atoms with Crippen molar-refractivity contribution in [3.05, 3.63) is 0 Å². The summed E-state index contributed by atoms with van der Waals surface area (Å²) in [7, 11) is 0. The maximum atomic E-state index is 12.1. The van der Waals surface area contributed by atoms with Gasteiger partial charge >= 0.3 is 0 Å². The summed E-state index contributed by atoms with van der Waals surface area (Å²) >= 11 is 0. The van der Waals surface area contributed by atoms with Gasteiger partial charge in [0.25, 0.3) is 0 Å². The van der Waals surface area contributed by atoms with Gasteiger partial charge in [-0.2, -0.15) is 0 Å².